The number of amides is 1. The summed E-state index contributed by atoms with van der Waals surface area (Å²) >= 11 is 0. The quantitative estimate of drug-likeness (QED) is 0.666. The molecule has 0 N–H and O–H groups in total. The average Bonchev–Trinajstić information content (AvgIpc) is 3.67. The monoisotopic (exact) mass is 431 g/mol. The number of rotatable bonds is 7. The maximum absolute atomic E-state index is 12.5. The zero-order chi connectivity index (χ0) is 22.7. The molecule has 1 aliphatic carbocycles. The number of hydrogen-bond donors (Lipinski definition) is 0. The minimum atomic E-state index is 0.0425. The summed E-state index contributed by atoms with van der Waals surface area (Å²) in [6.45, 7) is 8.22. The molecule has 0 unspecified atom stereocenters. The Labute approximate surface area is 189 Å². The lowest BCUT2D eigenvalue weighted by atomic mass is 9.99. The van der Waals surface area contributed by atoms with E-state index in [1.165, 1.54) is 0 Å². The number of carbonyl (C=O) groups excluding carboxylic acids is 1. The van der Waals surface area contributed by atoms with Gasteiger partial charge < -0.3 is 14.5 Å². The Morgan fingerprint density at radius 3 is 2.84 bits per heavy atom. The molecule has 1 saturated heterocycles. The number of pyridine rings is 2. The third-order valence-electron chi connectivity index (χ3n) is 6.19. The maximum atomic E-state index is 12.5. The molecule has 32 heavy (non-hydrogen) atoms. The molecule has 2 fully saturated rings. The van der Waals surface area contributed by atoms with Crippen molar-refractivity contribution < 1.29 is 9.53 Å². The number of carbonyl (C=O) groups is 1. The van der Waals surface area contributed by atoms with Gasteiger partial charge in [-0.3, -0.25) is 9.78 Å². The highest BCUT2D eigenvalue weighted by molar-refractivity contribution is 5.77. The molecule has 7 heteroatoms. The standard InChI is InChI=1S/C25H29N5O2/c1-4-21-13-19(7-9-27-21)22-14-20(15-26)25(28-24(22)18-5-6-18)29-10-11-30(17(2)16-29)23(31)8-12-32-3/h4,7,9,13-14,17-18H,1,5-6,8,10-12,16H2,2-3H3/t17-/m1/s1. The second-order valence-electron chi connectivity index (χ2n) is 8.48. The number of methoxy groups -OCH3 is 1. The lowest BCUT2D eigenvalue weighted by Crippen LogP contribution is -2.54. The van der Waals surface area contributed by atoms with Crippen molar-refractivity contribution in [3.63, 3.8) is 0 Å². The number of ether oxygens (including phenoxy) is 1. The molecular formula is C25H29N5O2. The molecule has 0 aromatic carbocycles. The summed E-state index contributed by atoms with van der Waals surface area (Å²) in [4.78, 5) is 25.9. The van der Waals surface area contributed by atoms with Crippen molar-refractivity contribution in [1.82, 2.24) is 14.9 Å². The van der Waals surface area contributed by atoms with Crippen LogP contribution >= 0.6 is 0 Å². The Morgan fingerprint density at radius 2 is 2.19 bits per heavy atom. The van der Waals surface area contributed by atoms with Gasteiger partial charge in [0.05, 0.1) is 30.0 Å². The smallest absolute Gasteiger partial charge is 0.225 e. The summed E-state index contributed by atoms with van der Waals surface area (Å²) in [7, 11) is 1.61. The van der Waals surface area contributed by atoms with Crippen LogP contribution in [0.5, 0.6) is 0 Å². The van der Waals surface area contributed by atoms with Crippen LogP contribution < -0.4 is 4.90 Å². The van der Waals surface area contributed by atoms with E-state index < -0.39 is 0 Å². The Bertz CT molecular complexity index is 1060. The molecule has 2 aromatic heterocycles. The van der Waals surface area contributed by atoms with Gasteiger partial charge in [0.1, 0.15) is 11.9 Å². The van der Waals surface area contributed by atoms with Gasteiger partial charge in [-0.2, -0.15) is 5.26 Å². The first-order chi connectivity index (χ1) is 15.5. The molecule has 1 atom stereocenters. The molecule has 3 heterocycles. The highest BCUT2D eigenvalue weighted by atomic mass is 16.5. The summed E-state index contributed by atoms with van der Waals surface area (Å²) in [6, 6.07) is 8.32. The second-order valence-corrected chi connectivity index (χ2v) is 8.48. The number of nitriles is 1. The highest BCUT2D eigenvalue weighted by Crippen LogP contribution is 2.45. The molecule has 0 spiro atoms. The summed E-state index contributed by atoms with van der Waals surface area (Å²) in [5, 5.41) is 9.95. The Kier molecular flexibility index (Phi) is 6.52. The van der Waals surface area contributed by atoms with Crippen LogP contribution in [0.1, 0.15) is 49.1 Å². The predicted molar refractivity (Wildman–Crippen MR) is 124 cm³/mol. The van der Waals surface area contributed by atoms with Gasteiger partial charge in [0.2, 0.25) is 5.91 Å². The summed E-state index contributed by atoms with van der Waals surface area (Å²) in [6.07, 6.45) is 6.11. The van der Waals surface area contributed by atoms with Crippen molar-refractivity contribution in [2.45, 2.75) is 38.1 Å². The molecule has 1 aliphatic heterocycles. The van der Waals surface area contributed by atoms with E-state index in [1.54, 1.807) is 19.4 Å². The molecule has 2 aliphatic rings. The topological polar surface area (TPSA) is 82.4 Å². The van der Waals surface area contributed by atoms with Gasteiger partial charge >= 0.3 is 0 Å². The second kappa shape index (κ2) is 9.49. The van der Waals surface area contributed by atoms with Crippen LogP contribution in [0.3, 0.4) is 0 Å². The van der Waals surface area contributed by atoms with Crippen LogP contribution in [0.4, 0.5) is 5.82 Å². The minimum absolute atomic E-state index is 0.0425. The fraction of sp³-hybridized carbons (Fsp3) is 0.440. The van der Waals surface area contributed by atoms with Gasteiger partial charge in [0, 0.05) is 50.5 Å². The van der Waals surface area contributed by atoms with Gasteiger partial charge in [-0.05, 0) is 49.6 Å². The van der Waals surface area contributed by atoms with E-state index >= 15 is 0 Å². The van der Waals surface area contributed by atoms with E-state index in [2.05, 4.69) is 22.5 Å². The van der Waals surface area contributed by atoms with Crippen LogP contribution in [0.2, 0.25) is 0 Å². The van der Waals surface area contributed by atoms with Gasteiger partial charge in [0.25, 0.3) is 0 Å². The lowest BCUT2D eigenvalue weighted by molar-refractivity contribution is -0.134. The summed E-state index contributed by atoms with van der Waals surface area (Å²) in [5.74, 6) is 1.26. The molecule has 1 saturated carbocycles. The number of anilines is 1. The Morgan fingerprint density at radius 1 is 1.38 bits per heavy atom. The Balaban J connectivity index is 1.64. The molecule has 1 amide bonds. The third kappa shape index (κ3) is 4.51. The molecule has 4 rings (SSSR count). The van der Waals surface area contributed by atoms with Crippen molar-refractivity contribution in [1.29, 1.82) is 5.26 Å². The molecule has 2 aromatic rings. The van der Waals surface area contributed by atoms with Crippen LogP contribution in [0, 0.1) is 11.3 Å². The van der Waals surface area contributed by atoms with Crippen molar-refractivity contribution in [2.75, 3.05) is 38.3 Å². The SMILES string of the molecule is C=Cc1cc(-c2cc(C#N)c(N3CCN(C(=O)CCOC)[C@H](C)C3)nc2C2CC2)ccn1. The number of piperazine rings is 1. The van der Waals surface area contributed by atoms with E-state index in [1.807, 2.05) is 30.0 Å². The highest BCUT2D eigenvalue weighted by Gasteiger charge is 2.33. The van der Waals surface area contributed by atoms with Crippen molar-refractivity contribution in [3.8, 4) is 17.2 Å². The van der Waals surface area contributed by atoms with E-state index in [0.717, 1.165) is 41.2 Å². The minimum Gasteiger partial charge on any atom is -0.384 e. The zero-order valence-corrected chi connectivity index (χ0v) is 18.8. The van der Waals surface area contributed by atoms with E-state index in [0.29, 0.717) is 44.1 Å². The van der Waals surface area contributed by atoms with Crippen LogP contribution in [0.15, 0.2) is 31.0 Å². The van der Waals surface area contributed by atoms with Crippen molar-refractivity contribution in [3.05, 3.63) is 47.9 Å². The summed E-state index contributed by atoms with van der Waals surface area (Å²) < 4.78 is 5.05. The van der Waals surface area contributed by atoms with Gasteiger partial charge in [0.15, 0.2) is 0 Å². The largest absolute Gasteiger partial charge is 0.384 e. The number of nitrogens with zero attached hydrogens (tertiary/aromatic N) is 5. The molecule has 0 bridgehead atoms. The van der Waals surface area contributed by atoms with Gasteiger partial charge in [-0.25, -0.2) is 4.98 Å². The number of hydrogen-bond acceptors (Lipinski definition) is 6. The van der Waals surface area contributed by atoms with E-state index in [-0.39, 0.29) is 11.9 Å². The van der Waals surface area contributed by atoms with Gasteiger partial charge in [-0.1, -0.05) is 6.58 Å². The Hall–Kier alpha value is -3.24. The first-order valence-electron chi connectivity index (χ1n) is 11.1. The average molecular weight is 432 g/mol. The van der Waals surface area contributed by atoms with Crippen LogP contribution in [-0.4, -0.2) is 60.2 Å². The predicted octanol–water partition coefficient (Wildman–Crippen LogP) is 3.61. The van der Waals surface area contributed by atoms with E-state index in [9.17, 15) is 10.1 Å². The van der Waals surface area contributed by atoms with Gasteiger partial charge in [-0.15, -0.1) is 0 Å². The van der Waals surface area contributed by atoms with Crippen molar-refractivity contribution in [2.24, 2.45) is 0 Å². The third-order valence-corrected chi connectivity index (χ3v) is 6.19. The molecular weight excluding hydrogens is 402 g/mol. The van der Waals surface area contributed by atoms with E-state index in [4.69, 9.17) is 9.72 Å². The maximum Gasteiger partial charge on any atom is 0.225 e. The first kappa shape index (κ1) is 22.0. The molecule has 7 nitrogen and oxygen atoms in total. The zero-order valence-electron chi connectivity index (χ0n) is 18.8. The number of aromatic nitrogens is 2. The normalized spacial score (nSPS) is 18.3. The first-order valence-corrected chi connectivity index (χ1v) is 11.1. The fourth-order valence-electron chi connectivity index (χ4n) is 4.32. The summed E-state index contributed by atoms with van der Waals surface area (Å²) in [5.41, 5.74) is 4.42. The van der Waals surface area contributed by atoms with Crippen LogP contribution in [-0.2, 0) is 9.53 Å². The fourth-order valence-corrected chi connectivity index (χ4v) is 4.32. The molecule has 166 valence electrons. The van der Waals surface area contributed by atoms with Crippen LogP contribution in [0.25, 0.3) is 17.2 Å². The van der Waals surface area contributed by atoms with Crippen molar-refractivity contribution >= 4 is 17.8 Å². The lowest BCUT2D eigenvalue weighted by Gasteiger charge is -2.41. The molecule has 0 radical (unpaired) electrons.